The van der Waals surface area contributed by atoms with Gasteiger partial charge in [0.1, 0.15) is 17.6 Å². The monoisotopic (exact) mass is 252 g/mol. The van der Waals surface area contributed by atoms with Gasteiger partial charge < -0.3 is 13.9 Å². The summed E-state index contributed by atoms with van der Waals surface area (Å²) in [5.74, 6) is 2.55. The quantitative estimate of drug-likeness (QED) is 0.631. The van der Waals surface area contributed by atoms with Gasteiger partial charge >= 0.3 is 0 Å². The molecule has 1 aromatic heterocycles. The van der Waals surface area contributed by atoms with Crippen LogP contribution in [0, 0.1) is 0 Å². The van der Waals surface area contributed by atoms with Gasteiger partial charge in [0.2, 0.25) is 0 Å². The second-order valence-corrected chi connectivity index (χ2v) is 5.01. The molecule has 1 aromatic rings. The van der Waals surface area contributed by atoms with Crippen molar-refractivity contribution in [2.24, 2.45) is 0 Å². The highest BCUT2D eigenvalue weighted by Crippen LogP contribution is 2.23. The van der Waals surface area contributed by atoms with Crippen LogP contribution in [-0.4, -0.2) is 25.9 Å². The molecule has 1 aliphatic rings. The Kier molecular flexibility index (Phi) is 5.26. The third kappa shape index (κ3) is 4.14. The van der Waals surface area contributed by atoms with Crippen molar-refractivity contribution >= 4 is 0 Å². The van der Waals surface area contributed by atoms with E-state index in [-0.39, 0.29) is 0 Å². The lowest BCUT2D eigenvalue weighted by Crippen LogP contribution is -2.10. The summed E-state index contributed by atoms with van der Waals surface area (Å²) in [7, 11) is 0. The van der Waals surface area contributed by atoms with Gasteiger partial charge in [-0.25, -0.2) is 0 Å². The molecule has 3 nitrogen and oxygen atoms in total. The van der Waals surface area contributed by atoms with Gasteiger partial charge in [0.25, 0.3) is 0 Å². The van der Waals surface area contributed by atoms with Crippen LogP contribution in [0.25, 0.3) is 0 Å². The minimum Gasteiger partial charge on any atom is -0.466 e. The molecule has 2 heterocycles. The molecule has 3 heteroatoms. The molecule has 2 rings (SSSR count). The molecule has 1 fully saturated rings. The Morgan fingerprint density at radius 1 is 1.39 bits per heavy atom. The summed E-state index contributed by atoms with van der Waals surface area (Å²) >= 11 is 0. The molecule has 0 aliphatic carbocycles. The van der Waals surface area contributed by atoms with E-state index in [1.54, 1.807) is 0 Å². The topological polar surface area (TPSA) is 34.9 Å². The maximum absolute atomic E-state index is 5.90. The average Bonchev–Trinajstić information content (AvgIpc) is 3.09. The van der Waals surface area contributed by atoms with Gasteiger partial charge in [0, 0.05) is 12.3 Å². The normalized spacial score (nSPS) is 20.0. The average molecular weight is 252 g/mol. The van der Waals surface area contributed by atoms with E-state index in [4.69, 9.17) is 13.9 Å². The minimum absolute atomic E-state index is 0.347. The Bertz CT molecular complexity index is 341. The number of hydrogen-bond acceptors (Lipinski definition) is 3. The molecule has 1 aliphatic heterocycles. The zero-order chi connectivity index (χ0) is 12.8. The van der Waals surface area contributed by atoms with E-state index >= 15 is 0 Å². The number of rotatable bonds is 9. The summed E-state index contributed by atoms with van der Waals surface area (Å²) in [5, 5.41) is 0. The smallest absolute Gasteiger partial charge is 0.109 e. The molecular formula is C15H24O3. The zero-order valence-corrected chi connectivity index (χ0v) is 11.5. The standard InChI is InChI=1S/C15H24O3/c1-3-5-6-13-7-8-15(18-13)12(4-2)9-16-10-14-11-17-14/h7-8,12,14H,3-6,9-11H2,1-2H3. The van der Waals surface area contributed by atoms with Crippen LogP contribution in [0.3, 0.4) is 0 Å². The number of hydrogen-bond donors (Lipinski definition) is 0. The third-order valence-electron chi connectivity index (χ3n) is 3.38. The maximum atomic E-state index is 5.90. The lowest BCUT2D eigenvalue weighted by Gasteiger charge is -2.12. The predicted molar refractivity (Wildman–Crippen MR) is 70.9 cm³/mol. The van der Waals surface area contributed by atoms with E-state index in [9.17, 15) is 0 Å². The van der Waals surface area contributed by atoms with E-state index in [2.05, 4.69) is 26.0 Å². The molecule has 0 amide bonds. The number of aryl methyl sites for hydroxylation is 1. The lowest BCUT2D eigenvalue weighted by molar-refractivity contribution is 0.0979. The summed E-state index contributed by atoms with van der Waals surface area (Å²) in [5.41, 5.74) is 0. The molecule has 2 unspecified atom stereocenters. The van der Waals surface area contributed by atoms with Gasteiger partial charge in [-0.1, -0.05) is 20.3 Å². The van der Waals surface area contributed by atoms with Gasteiger partial charge in [0.15, 0.2) is 0 Å². The fourth-order valence-corrected chi connectivity index (χ4v) is 2.01. The SMILES string of the molecule is CCCCc1ccc(C(CC)COCC2CO2)o1. The molecule has 0 saturated carbocycles. The van der Waals surface area contributed by atoms with Gasteiger partial charge in [0.05, 0.1) is 19.8 Å². The van der Waals surface area contributed by atoms with Crippen molar-refractivity contribution in [2.45, 2.75) is 51.6 Å². The Morgan fingerprint density at radius 2 is 2.22 bits per heavy atom. The molecule has 0 bridgehead atoms. The summed E-state index contributed by atoms with van der Waals surface area (Å²) < 4.78 is 16.7. The molecular weight excluding hydrogens is 228 g/mol. The molecule has 2 atom stereocenters. The van der Waals surface area contributed by atoms with Crippen molar-refractivity contribution in [3.8, 4) is 0 Å². The highest BCUT2D eigenvalue weighted by Gasteiger charge is 2.23. The van der Waals surface area contributed by atoms with Gasteiger partial charge in [-0.05, 0) is 25.0 Å². The first-order chi connectivity index (χ1) is 8.83. The first-order valence-electron chi connectivity index (χ1n) is 7.11. The van der Waals surface area contributed by atoms with Crippen LogP contribution >= 0.6 is 0 Å². The zero-order valence-electron chi connectivity index (χ0n) is 11.5. The Balaban J connectivity index is 1.79. The molecule has 0 spiro atoms. The first-order valence-corrected chi connectivity index (χ1v) is 7.11. The predicted octanol–water partition coefficient (Wildman–Crippen LogP) is 3.53. The summed E-state index contributed by atoms with van der Waals surface area (Å²) in [6.45, 7) is 6.69. The number of unbranched alkanes of at least 4 members (excludes halogenated alkanes) is 1. The summed E-state index contributed by atoms with van der Waals surface area (Å²) in [6, 6.07) is 4.22. The van der Waals surface area contributed by atoms with Crippen LogP contribution in [0.15, 0.2) is 16.5 Å². The van der Waals surface area contributed by atoms with E-state index in [0.29, 0.717) is 12.0 Å². The Morgan fingerprint density at radius 3 is 2.89 bits per heavy atom. The summed E-state index contributed by atoms with van der Waals surface area (Å²) in [6.07, 6.45) is 4.84. The molecule has 1 saturated heterocycles. The molecule has 102 valence electrons. The fourth-order valence-electron chi connectivity index (χ4n) is 2.01. The number of ether oxygens (including phenoxy) is 2. The molecule has 0 N–H and O–H groups in total. The highest BCUT2D eigenvalue weighted by molar-refractivity contribution is 5.11. The molecule has 0 radical (unpaired) electrons. The largest absolute Gasteiger partial charge is 0.466 e. The first kappa shape index (κ1) is 13.6. The minimum atomic E-state index is 0.347. The third-order valence-corrected chi connectivity index (χ3v) is 3.38. The van der Waals surface area contributed by atoms with Crippen molar-refractivity contribution in [3.63, 3.8) is 0 Å². The Hall–Kier alpha value is -0.800. The van der Waals surface area contributed by atoms with Crippen LogP contribution in [0.5, 0.6) is 0 Å². The van der Waals surface area contributed by atoms with E-state index in [1.165, 1.54) is 12.8 Å². The lowest BCUT2D eigenvalue weighted by atomic mass is 10.1. The maximum Gasteiger partial charge on any atom is 0.109 e. The van der Waals surface area contributed by atoms with Crippen LogP contribution in [-0.2, 0) is 15.9 Å². The van der Waals surface area contributed by atoms with E-state index in [1.807, 2.05) is 0 Å². The van der Waals surface area contributed by atoms with E-state index in [0.717, 1.165) is 44.2 Å². The van der Waals surface area contributed by atoms with E-state index < -0.39 is 0 Å². The van der Waals surface area contributed by atoms with Crippen LogP contribution in [0.4, 0.5) is 0 Å². The molecule has 18 heavy (non-hydrogen) atoms. The second kappa shape index (κ2) is 6.95. The van der Waals surface area contributed by atoms with Crippen LogP contribution < -0.4 is 0 Å². The van der Waals surface area contributed by atoms with Crippen LogP contribution in [0.2, 0.25) is 0 Å². The van der Waals surface area contributed by atoms with Gasteiger partial charge in [-0.15, -0.1) is 0 Å². The van der Waals surface area contributed by atoms with Crippen molar-refractivity contribution in [1.29, 1.82) is 0 Å². The van der Waals surface area contributed by atoms with Crippen molar-refractivity contribution in [2.75, 3.05) is 19.8 Å². The van der Waals surface area contributed by atoms with Gasteiger partial charge in [-0.2, -0.15) is 0 Å². The Labute approximate surface area is 109 Å². The number of furan rings is 1. The van der Waals surface area contributed by atoms with Crippen molar-refractivity contribution < 1.29 is 13.9 Å². The van der Waals surface area contributed by atoms with Gasteiger partial charge in [-0.3, -0.25) is 0 Å². The van der Waals surface area contributed by atoms with Crippen molar-refractivity contribution in [3.05, 3.63) is 23.7 Å². The summed E-state index contributed by atoms with van der Waals surface area (Å²) in [4.78, 5) is 0. The molecule has 0 aromatic carbocycles. The fraction of sp³-hybridized carbons (Fsp3) is 0.733. The highest BCUT2D eigenvalue weighted by atomic mass is 16.6. The van der Waals surface area contributed by atoms with Crippen molar-refractivity contribution in [1.82, 2.24) is 0 Å². The van der Waals surface area contributed by atoms with Crippen LogP contribution in [0.1, 0.15) is 50.5 Å². The second-order valence-electron chi connectivity index (χ2n) is 5.01. The number of epoxide rings is 1.